The molecule has 1 aromatic heterocycles. The molecule has 8 atom stereocenters. The Balaban J connectivity index is 1.36. The molecule has 33 heavy (non-hydrogen) atoms. The fourth-order valence-electron chi connectivity index (χ4n) is 9.46. The van der Waals surface area contributed by atoms with Gasteiger partial charge in [0.1, 0.15) is 0 Å². The highest BCUT2D eigenvalue weighted by Crippen LogP contribution is 2.68. The summed E-state index contributed by atoms with van der Waals surface area (Å²) in [5.74, 6) is 5.26. The number of ketones is 1. The van der Waals surface area contributed by atoms with Gasteiger partial charge in [0.05, 0.1) is 24.4 Å². The van der Waals surface area contributed by atoms with E-state index in [2.05, 4.69) is 25.9 Å². The number of halogens is 1. The zero-order chi connectivity index (χ0) is 23.4. The second-order valence-electron chi connectivity index (χ2n) is 12.6. The Hall–Kier alpha value is -0.870. The second-order valence-corrected chi connectivity index (χ2v) is 13.0. The number of ether oxygens (including phenoxy) is 1. The summed E-state index contributed by atoms with van der Waals surface area (Å²) in [6.07, 6.45) is 15.0. The van der Waals surface area contributed by atoms with E-state index in [9.17, 15) is 4.79 Å². The molecule has 4 aliphatic carbocycles. The van der Waals surface area contributed by atoms with Crippen molar-refractivity contribution in [2.75, 3.05) is 13.7 Å². The third-order valence-corrected chi connectivity index (χ3v) is 11.3. The van der Waals surface area contributed by atoms with Gasteiger partial charge >= 0.3 is 0 Å². The van der Waals surface area contributed by atoms with Gasteiger partial charge in [0.25, 0.3) is 0 Å². The lowest BCUT2D eigenvalue weighted by molar-refractivity contribution is -0.157. The highest BCUT2D eigenvalue weighted by molar-refractivity contribution is 6.30. The van der Waals surface area contributed by atoms with Crippen LogP contribution < -0.4 is 0 Å². The summed E-state index contributed by atoms with van der Waals surface area (Å²) in [6, 6.07) is 0. The number of rotatable bonds is 6. The smallest absolute Gasteiger partial charge is 0.157 e. The lowest BCUT2D eigenvalue weighted by Gasteiger charge is -2.62. The van der Waals surface area contributed by atoms with Crippen LogP contribution in [0.4, 0.5) is 0 Å². The standard InChI is InChI=1S/C28H43ClN2O2/c1-18(2)19-9-12-28(17-33-4)20(13-19)5-6-22-23-7-8-25(27(23,3)11-10-24(22)28)26(32)16-31-15-21(29)14-30-31/h14-15,18-20,22-25H,5-13,16-17H2,1-4H3. The summed E-state index contributed by atoms with van der Waals surface area (Å²) in [7, 11) is 1.92. The molecule has 5 heteroatoms. The molecular weight excluding hydrogens is 432 g/mol. The summed E-state index contributed by atoms with van der Waals surface area (Å²) in [4.78, 5) is 13.4. The molecule has 8 unspecified atom stereocenters. The highest BCUT2D eigenvalue weighted by atomic mass is 35.5. The molecule has 4 saturated carbocycles. The van der Waals surface area contributed by atoms with E-state index in [1.807, 2.05) is 7.11 Å². The highest BCUT2D eigenvalue weighted by Gasteiger charge is 2.62. The van der Waals surface area contributed by atoms with E-state index in [4.69, 9.17) is 16.3 Å². The summed E-state index contributed by atoms with van der Waals surface area (Å²) in [5, 5.41) is 4.87. The molecule has 0 radical (unpaired) electrons. The van der Waals surface area contributed by atoms with E-state index in [-0.39, 0.29) is 11.3 Å². The van der Waals surface area contributed by atoms with Gasteiger partial charge in [-0.15, -0.1) is 0 Å². The number of nitrogens with zero attached hydrogens (tertiary/aromatic N) is 2. The first-order valence-electron chi connectivity index (χ1n) is 13.5. The predicted molar refractivity (Wildman–Crippen MR) is 132 cm³/mol. The van der Waals surface area contributed by atoms with E-state index in [1.54, 1.807) is 17.1 Å². The zero-order valence-corrected chi connectivity index (χ0v) is 21.8. The fourth-order valence-corrected chi connectivity index (χ4v) is 9.62. The number of Topliss-reactive ketones (excluding diaryl/α,β-unsaturated/α-hetero) is 1. The molecule has 0 aliphatic heterocycles. The lowest BCUT2D eigenvalue weighted by atomic mass is 9.43. The average molecular weight is 475 g/mol. The van der Waals surface area contributed by atoms with Crippen molar-refractivity contribution in [1.29, 1.82) is 0 Å². The van der Waals surface area contributed by atoms with Crippen molar-refractivity contribution < 1.29 is 9.53 Å². The zero-order valence-electron chi connectivity index (χ0n) is 21.1. The van der Waals surface area contributed by atoms with Crippen LogP contribution in [0.15, 0.2) is 12.4 Å². The van der Waals surface area contributed by atoms with Crippen molar-refractivity contribution in [3.05, 3.63) is 17.4 Å². The molecule has 5 rings (SSSR count). The molecule has 0 N–H and O–H groups in total. The van der Waals surface area contributed by atoms with Crippen LogP contribution in [-0.4, -0.2) is 29.3 Å². The Kier molecular flexibility index (Phi) is 6.48. The first kappa shape index (κ1) is 23.9. The number of hydrogen-bond acceptors (Lipinski definition) is 3. The van der Waals surface area contributed by atoms with Crippen LogP contribution in [-0.2, 0) is 16.1 Å². The van der Waals surface area contributed by atoms with Crippen LogP contribution >= 0.6 is 11.6 Å². The summed E-state index contributed by atoms with van der Waals surface area (Å²) < 4.78 is 7.70. The number of fused-ring (bicyclic) bond motifs is 5. The van der Waals surface area contributed by atoms with E-state index >= 15 is 0 Å². The van der Waals surface area contributed by atoms with E-state index < -0.39 is 0 Å². The minimum absolute atomic E-state index is 0.144. The van der Waals surface area contributed by atoms with Crippen LogP contribution in [0.5, 0.6) is 0 Å². The van der Waals surface area contributed by atoms with Crippen molar-refractivity contribution in [1.82, 2.24) is 9.78 Å². The van der Waals surface area contributed by atoms with Gasteiger partial charge in [-0.05, 0) is 104 Å². The van der Waals surface area contributed by atoms with Gasteiger partial charge in [-0.25, -0.2) is 0 Å². The first-order valence-corrected chi connectivity index (χ1v) is 13.9. The number of methoxy groups -OCH3 is 1. The molecule has 0 amide bonds. The molecule has 4 fully saturated rings. The summed E-state index contributed by atoms with van der Waals surface area (Å²) >= 11 is 6.03. The summed E-state index contributed by atoms with van der Waals surface area (Å²) in [5.41, 5.74) is 0.518. The van der Waals surface area contributed by atoms with Crippen molar-refractivity contribution in [3.8, 4) is 0 Å². The van der Waals surface area contributed by atoms with Gasteiger partial charge in [0, 0.05) is 19.2 Å². The van der Waals surface area contributed by atoms with Crippen LogP contribution in [0.25, 0.3) is 0 Å². The minimum atomic E-state index is 0.144. The average Bonchev–Trinajstić information content (AvgIpc) is 3.35. The predicted octanol–water partition coefficient (Wildman–Crippen LogP) is 6.66. The molecule has 1 aromatic rings. The van der Waals surface area contributed by atoms with E-state index in [1.165, 1.54) is 51.4 Å². The summed E-state index contributed by atoms with van der Waals surface area (Å²) in [6.45, 7) is 8.58. The third kappa shape index (κ3) is 3.92. The number of hydrogen-bond donors (Lipinski definition) is 0. The van der Waals surface area contributed by atoms with Crippen LogP contribution in [0.2, 0.25) is 5.02 Å². The van der Waals surface area contributed by atoms with Crippen LogP contribution in [0, 0.1) is 52.3 Å². The van der Waals surface area contributed by atoms with Crippen LogP contribution in [0.1, 0.15) is 78.6 Å². The topological polar surface area (TPSA) is 44.1 Å². The minimum Gasteiger partial charge on any atom is -0.384 e. The van der Waals surface area contributed by atoms with Gasteiger partial charge in [-0.1, -0.05) is 32.4 Å². The maximum atomic E-state index is 13.4. The monoisotopic (exact) mass is 474 g/mol. The maximum absolute atomic E-state index is 13.4. The van der Waals surface area contributed by atoms with Gasteiger partial charge in [0.2, 0.25) is 0 Å². The molecule has 1 heterocycles. The SMILES string of the molecule is COCC12CCC(C(C)C)CC1CCC1C3CCC(C(=O)Cn4cc(Cl)cn4)C3(C)CCC12. The Morgan fingerprint density at radius 2 is 2.00 bits per heavy atom. The van der Waals surface area contributed by atoms with Crippen LogP contribution in [0.3, 0.4) is 0 Å². The van der Waals surface area contributed by atoms with Crippen molar-refractivity contribution in [2.24, 2.45) is 52.3 Å². The van der Waals surface area contributed by atoms with Crippen molar-refractivity contribution in [3.63, 3.8) is 0 Å². The number of aromatic nitrogens is 2. The molecule has 4 aliphatic rings. The largest absolute Gasteiger partial charge is 0.384 e. The Labute approximate surface area is 205 Å². The molecule has 0 aromatic carbocycles. The molecule has 184 valence electrons. The normalized spacial score (nSPS) is 42.6. The quantitative estimate of drug-likeness (QED) is 0.462. The number of carbonyl (C=O) groups is 1. The first-order chi connectivity index (χ1) is 15.8. The van der Waals surface area contributed by atoms with Gasteiger partial charge < -0.3 is 4.74 Å². The Morgan fingerprint density at radius 1 is 1.18 bits per heavy atom. The number of carbonyl (C=O) groups excluding carboxylic acids is 1. The molecule has 0 spiro atoms. The molecule has 4 nitrogen and oxygen atoms in total. The lowest BCUT2D eigenvalue weighted by Crippen LogP contribution is -2.57. The van der Waals surface area contributed by atoms with E-state index in [0.717, 1.165) is 42.6 Å². The second kappa shape index (κ2) is 8.97. The molecule has 0 bridgehead atoms. The molecule has 0 saturated heterocycles. The Bertz CT molecular complexity index is 868. The van der Waals surface area contributed by atoms with E-state index in [0.29, 0.717) is 28.7 Å². The fraction of sp³-hybridized carbons (Fsp3) is 0.857. The van der Waals surface area contributed by atoms with Gasteiger partial charge in [-0.3, -0.25) is 9.48 Å². The van der Waals surface area contributed by atoms with Gasteiger partial charge in [0.15, 0.2) is 5.78 Å². The van der Waals surface area contributed by atoms with Gasteiger partial charge in [-0.2, -0.15) is 5.10 Å². The molecular formula is C28H43ClN2O2. The van der Waals surface area contributed by atoms with Crippen molar-refractivity contribution in [2.45, 2.75) is 85.1 Å². The Morgan fingerprint density at radius 3 is 2.70 bits per heavy atom. The van der Waals surface area contributed by atoms with Crippen molar-refractivity contribution >= 4 is 17.4 Å². The maximum Gasteiger partial charge on any atom is 0.157 e. The third-order valence-electron chi connectivity index (χ3n) is 11.1.